The smallest absolute Gasteiger partial charge is 0.264 e. The van der Waals surface area contributed by atoms with E-state index in [0.717, 1.165) is 17.8 Å². The molecule has 0 spiro atoms. The normalized spacial score (nSPS) is 9.75. The third kappa shape index (κ3) is 8.19. The van der Waals surface area contributed by atoms with E-state index < -0.39 is 11.7 Å². The molecule has 0 fully saturated rings. The van der Waals surface area contributed by atoms with Gasteiger partial charge in [0.05, 0.1) is 5.56 Å². The maximum Gasteiger partial charge on any atom is 0.417 e. The van der Waals surface area contributed by atoms with Crippen LogP contribution in [0, 0.1) is 6.92 Å². The maximum absolute atomic E-state index is 11.7. The summed E-state index contributed by atoms with van der Waals surface area (Å²) >= 11 is 5.50. The van der Waals surface area contributed by atoms with Crippen molar-refractivity contribution in [3.05, 3.63) is 59.1 Å². The van der Waals surface area contributed by atoms with E-state index in [1.54, 1.807) is 12.3 Å². The average molecular weight is 346 g/mol. The van der Waals surface area contributed by atoms with E-state index in [2.05, 4.69) is 31.7 Å². The summed E-state index contributed by atoms with van der Waals surface area (Å²) in [4.78, 5) is 7.18. The van der Waals surface area contributed by atoms with E-state index in [1.165, 1.54) is 12.3 Å². The Kier molecular flexibility index (Phi) is 9.29. The van der Waals surface area contributed by atoms with Gasteiger partial charge in [0.15, 0.2) is 0 Å². The van der Waals surface area contributed by atoms with Crippen molar-refractivity contribution in [3.8, 4) is 0 Å². The SMILES string of the molecule is Cc1ccc(Cl)nc1.ClCl.FC(F)(F)c1cccnc1. The highest BCUT2D eigenvalue weighted by Gasteiger charge is 2.30. The number of alkyl halides is 3. The summed E-state index contributed by atoms with van der Waals surface area (Å²) in [7, 11) is 8.22. The molecule has 0 aliphatic carbocycles. The number of aryl methyl sites for hydroxylation is 1. The zero-order valence-corrected chi connectivity index (χ0v) is 12.5. The minimum absolute atomic E-state index is 0.551. The zero-order valence-electron chi connectivity index (χ0n) is 10.2. The van der Waals surface area contributed by atoms with Crippen LogP contribution in [0.3, 0.4) is 0 Å². The highest BCUT2D eigenvalue weighted by molar-refractivity contribution is 6.85. The van der Waals surface area contributed by atoms with Gasteiger partial charge < -0.3 is 0 Å². The molecule has 0 N–H and O–H groups in total. The maximum atomic E-state index is 11.7. The molecule has 0 bridgehead atoms. The second kappa shape index (κ2) is 9.80. The molecule has 0 atom stereocenters. The Balaban J connectivity index is 0.000000327. The Morgan fingerprint density at radius 2 is 1.70 bits per heavy atom. The molecule has 110 valence electrons. The standard InChI is InChI=1S/C6H6ClN.C6H4F3N.Cl2/c1-5-2-3-6(7)8-4-5;7-6(8,9)5-2-1-3-10-4-5;1-2/h2-4H,1H3;1-4H;. The third-order valence-corrected chi connectivity index (χ3v) is 2.09. The van der Waals surface area contributed by atoms with Gasteiger partial charge in [0.1, 0.15) is 5.15 Å². The van der Waals surface area contributed by atoms with Gasteiger partial charge in [-0.05, 0) is 30.7 Å². The first-order valence-electron chi connectivity index (χ1n) is 5.09. The van der Waals surface area contributed by atoms with Gasteiger partial charge in [-0.25, -0.2) is 4.98 Å². The Morgan fingerprint density at radius 3 is 2.00 bits per heavy atom. The summed E-state index contributed by atoms with van der Waals surface area (Å²) in [6.07, 6.45) is -0.439. The molecule has 0 aliphatic heterocycles. The lowest BCUT2D eigenvalue weighted by atomic mass is 10.3. The molecule has 2 rings (SSSR count). The molecule has 0 unspecified atom stereocenters. The molecular formula is C12H10Cl3F3N2. The Morgan fingerprint density at radius 1 is 1.05 bits per heavy atom. The van der Waals surface area contributed by atoms with Gasteiger partial charge in [0.2, 0.25) is 0 Å². The molecule has 0 amide bonds. The highest BCUT2D eigenvalue weighted by Crippen LogP contribution is 2.27. The van der Waals surface area contributed by atoms with Gasteiger partial charge >= 0.3 is 6.18 Å². The summed E-state index contributed by atoms with van der Waals surface area (Å²) in [6, 6.07) is 5.93. The topological polar surface area (TPSA) is 25.8 Å². The molecule has 2 aromatic heterocycles. The summed E-state index contributed by atoms with van der Waals surface area (Å²) in [5.74, 6) is 0. The minimum Gasteiger partial charge on any atom is -0.264 e. The van der Waals surface area contributed by atoms with Crippen molar-refractivity contribution in [2.75, 3.05) is 0 Å². The van der Waals surface area contributed by atoms with Gasteiger partial charge in [-0.3, -0.25) is 4.98 Å². The van der Waals surface area contributed by atoms with Crippen molar-refractivity contribution >= 4 is 33.3 Å². The summed E-state index contributed by atoms with van der Waals surface area (Å²) < 4.78 is 35.2. The van der Waals surface area contributed by atoms with Gasteiger partial charge in [0.25, 0.3) is 0 Å². The molecule has 0 aliphatic rings. The lowest BCUT2D eigenvalue weighted by Crippen LogP contribution is -2.04. The number of hydrogen-bond acceptors (Lipinski definition) is 2. The van der Waals surface area contributed by atoms with Crippen LogP contribution in [0.2, 0.25) is 5.15 Å². The lowest BCUT2D eigenvalue weighted by Gasteiger charge is -2.03. The van der Waals surface area contributed by atoms with Crippen LogP contribution in [0.1, 0.15) is 11.1 Å². The first kappa shape index (κ1) is 19.0. The van der Waals surface area contributed by atoms with Crippen molar-refractivity contribution < 1.29 is 13.2 Å². The number of nitrogens with zero attached hydrogens (tertiary/aromatic N) is 2. The van der Waals surface area contributed by atoms with Gasteiger partial charge in [-0.2, -0.15) is 13.2 Å². The molecule has 0 saturated heterocycles. The summed E-state index contributed by atoms with van der Waals surface area (Å²) in [6.45, 7) is 1.98. The Labute approximate surface area is 129 Å². The van der Waals surface area contributed by atoms with Crippen molar-refractivity contribution in [1.29, 1.82) is 0 Å². The number of hydrogen-bond donors (Lipinski definition) is 0. The highest BCUT2D eigenvalue weighted by atomic mass is 36.5. The predicted molar refractivity (Wildman–Crippen MR) is 74.9 cm³/mol. The van der Waals surface area contributed by atoms with Crippen LogP contribution in [0.15, 0.2) is 42.9 Å². The van der Waals surface area contributed by atoms with E-state index in [1.807, 2.05) is 13.0 Å². The van der Waals surface area contributed by atoms with Gasteiger partial charge in [0, 0.05) is 40.3 Å². The third-order valence-electron chi connectivity index (χ3n) is 1.86. The van der Waals surface area contributed by atoms with E-state index in [4.69, 9.17) is 11.6 Å². The number of rotatable bonds is 0. The van der Waals surface area contributed by atoms with Crippen molar-refractivity contribution in [2.45, 2.75) is 13.1 Å². The largest absolute Gasteiger partial charge is 0.417 e. The molecule has 20 heavy (non-hydrogen) atoms. The fourth-order valence-electron chi connectivity index (χ4n) is 0.980. The molecule has 8 heteroatoms. The second-order valence-electron chi connectivity index (χ2n) is 3.40. The minimum atomic E-state index is -4.27. The van der Waals surface area contributed by atoms with E-state index in [0.29, 0.717) is 5.15 Å². The van der Waals surface area contributed by atoms with Crippen LogP contribution in [0.25, 0.3) is 0 Å². The van der Waals surface area contributed by atoms with Crippen LogP contribution >= 0.6 is 33.3 Å². The molecule has 0 saturated carbocycles. The zero-order chi connectivity index (χ0) is 15.6. The quantitative estimate of drug-likeness (QED) is 0.587. The number of pyridine rings is 2. The molecular weight excluding hydrogens is 335 g/mol. The van der Waals surface area contributed by atoms with Crippen LogP contribution in [-0.2, 0) is 6.18 Å². The molecule has 0 radical (unpaired) electrons. The van der Waals surface area contributed by atoms with Crippen LogP contribution in [0.5, 0.6) is 0 Å². The van der Waals surface area contributed by atoms with Crippen molar-refractivity contribution in [3.63, 3.8) is 0 Å². The Hall–Kier alpha value is -1.04. The molecule has 2 aromatic rings. The first-order chi connectivity index (χ1) is 9.39. The second-order valence-corrected chi connectivity index (χ2v) is 3.78. The average Bonchev–Trinajstić information content (AvgIpc) is 2.45. The summed E-state index contributed by atoms with van der Waals surface area (Å²) in [5.41, 5.74) is 0.421. The number of aromatic nitrogens is 2. The monoisotopic (exact) mass is 344 g/mol. The Bertz CT molecular complexity index is 455. The van der Waals surface area contributed by atoms with Crippen LogP contribution in [0.4, 0.5) is 13.2 Å². The van der Waals surface area contributed by atoms with Crippen molar-refractivity contribution in [1.82, 2.24) is 9.97 Å². The lowest BCUT2D eigenvalue weighted by molar-refractivity contribution is -0.137. The fraction of sp³-hybridized carbons (Fsp3) is 0.167. The van der Waals surface area contributed by atoms with Crippen molar-refractivity contribution in [2.24, 2.45) is 0 Å². The predicted octanol–water partition coefficient (Wildman–Crippen LogP) is 5.52. The van der Waals surface area contributed by atoms with E-state index in [9.17, 15) is 13.2 Å². The number of halogens is 6. The first-order valence-corrected chi connectivity index (χ1v) is 6.61. The molecule has 2 heterocycles. The molecule has 0 aromatic carbocycles. The van der Waals surface area contributed by atoms with E-state index in [-0.39, 0.29) is 0 Å². The van der Waals surface area contributed by atoms with Gasteiger partial charge in [-0.1, -0.05) is 17.7 Å². The molecule has 2 nitrogen and oxygen atoms in total. The fourth-order valence-corrected chi connectivity index (χ4v) is 1.09. The van der Waals surface area contributed by atoms with Gasteiger partial charge in [-0.15, -0.1) is 0 Å². The summed E-state index contributed by atoms with van der Waals surface area (Å²) in [5, 5.41) is 0.551. The van der Waals surface area contributed by atoms with Crippen LogP contribution in [-0.4, -0.2) is 9.97 Å². The van der Waals surface area contributed by atoms with E-state index >= 15 is 0 Å². The van der Waals surface area contributed by atoms with Crippen LogP contribution < -0.4 is 0 Å².